The largest absolute Gasteiger partial charge is 0.294 e. The lowest BCUT2D eigenvalue weighted by Gasteiger charge is -2.11. The predicted molar refractivity (Wildman–Crippen MR) is 72.8 cm³/mol. The first-order chi connectivity index (χ1) is 8.02. The second kappa shape index (κ2) is 6.67. The normalized spacial score (nSPS) is 12.2. The number of carbonyl (C=O) groups excluding carboxylic acids is 1. The molecule has 0 saturated carbocycles. The van der Waals surface area contributed by atoms with Gasteiger partial charge in [-0.25, -0.2) is 5.84 Å². The fraction of sp³-hybridized carbons (Fsp3) is 0.462. The SMILES string of the molecule is Cc1ccc(SC(C)CCC(=O)NN)cc1C. The van der Waals surface area contributed by atoms with E-state index < -0.39 is 0 Å². The van der Waals surface area contributed by atoms with Crippen molar-refractivity contribution in [2.45, 2.75) is 43.8 Å². The number of hydrazine groups is 1. The third kappa shape index (κ3) is 4.79. The van der Waals surface area contributed by atoms with Gasteiger partial charge in [0.25, 0.3) is 0 Å². The average molecular weight is 252 g/mol. The van der Waals surface area contributed by atoms with Crippen molar-refractivity contribution in [3.8, 4) is 0 Å². The molecule has 3 nitrogen and oxygen atoms in total. The summed E-state index contributed by atoms with van der Waals surface area (Å²) in [5, 5.41) is 0.411. The van der Waals surface area contributed by atoms with Gasteiger partial charge in [-0.1, -0.05) is 13.0 Å². The van der Waals surface area contributed by atoms with Crippen LogP contribution in [0.2, 0.25) is 0 Å². The first-order valence-electron chi connectivity index (χ1n) is 5.76. The molecule has 1 aromatic carbocycles. The van der Waals surface area contributed by atoms with Crippen LogP contribution >= 0.6 is 11.8 Å². The highest BCUT2D eigenvalue weighted by molar-refractivity contribution is 7.99. The summed E-state index contributed by atoms with van der Waals surface area (Å²) in [7, 11) is 0. The van der Waals surface area contributed by atoms with Crippen LogP contribution < -0.4 is 11.3 Å². The van der Waals surface area contributed by atoms with E-state index in [4.69, 9.17) is 5.84 Å². The summed E-state index contributed by atoms with van der Waals surface area (Å²) in [4.78, 5) is 12.3. The molecule has 0 heterocycles. The van der Waals surface area contributed by atoms with Crippen LogP contribution in [0.25, 0.3) is 0 Å². The standard InChI is InChI=1S/C13H20N2OS/c1-9-4-6-12(8-10(9)2)17-11(3)5-7-13(16)15-14/h4,6,8,11H,5,7,14H2,1-3H3,(H,15,16). The number of nitrogens with two attached hydrogens (primary N) is 1. The quantitative estimate of drug-likeness (QED) is 0.366. The summed E-state index contributed by atoms with van der Waals surface area (Å²) in [5.41, 5.74) is 4.77. The minimum absolute atomic E-state index is 0.0995. The molecule has 1 amide bonds. The molecule has 0 aliphatic heterocycles. The zero-order valence-electron chi connectivity index (χ0n) is 10.6. The van der Waals surface area contributed by atoms with Gasteiger partial charge in [0.15, 0.2) is 0 Å². The monoisotopic (exact) mass is 252 g/mol. The lowest BCUT2D eigenvalue weighted by molar-refractivity contribution is -0.121. The molecule has 0 saturated heterocycles. The Labute approximate surface area is 107 Å². The highest BCUT2D eigenvalue weighted by Gasteiger charge is 2.08. The summed E-state index contributed by atoms with van der Waals surface area (Å²) in [6.45, 7) is 6.36. The number of rotatable bonds is 5. The maximum absolute atomic E-state index is 11.0. The Kier molecular flexibility index (Phi) is 5.51. The van der Waals surface area contributed by atoms with Crippen LogP contribution in [0, 0.1) is 13.8 Å². The number of aryl methyl sites for hydroxylation is 2. The number of benzene rings is 1. The van der Waals surface area contributed by atoms with Crippen LogP contribution in [0.15, 0.2) is 23.1 Å². The minimum Gasteiger partial charge on any atom is -0.294 e. The van der Waals surface area contributed by atoms with Gasteiger partial charge < -0.3 is 0 Å². The van der Waals surface area contributed by atoms with E-state index in [2.05, 4.69) is 44.4 Å². The molecule has 0 bridgehead atoms. The van der Waals surface area contributed by atoms with Gasteiger partial charge in [0.05, 0.1) is 0 Å². The van der Waals surface area contributed by atoms with E-state index in [1.54, 1.807) is 11.8 Å². The highest BCUT2D eigenvalue weighted by atomic mass is 32.2. The molecule has 0 aliphatic rings. The number of amides is 1. The second-order valence-electron chi connectivity index (χ2n) is 4.28. The van der Waals surface area contributed by atoms with E-state index in [1.165, 1.54) is 16.0 Å². The average Bonchev–Trinajstić information content (AvgIpc) is 2.31. The van der Waals surface area contributed by atoms with Crippen molar-refractivity contribution >= 4 is 17.7 Å². The lowest BCUT2D eigenvalue weighted by atomic mass is 10.1. The molecule has 0 aromatic heterocycles. The summed E-state index contributed by atoms with van der Waals surface area (Å²) in [5.74, 6) is 4.94. The molecule has 17 heavy (non-hydrogen) atoms. The van der Waals surface area contributed by atoms with Crippen LogP contribution in [-0.4, -0.2) is 11.2 Å². The van der Waals surface area contributed by atoms with Crippen molar-refractivity contribution in [1.29, 1.82) is 0 Å². The van der Waals surface area contributed by atoms with Gasteiger partial charge in [0.2, 0.25) is 5.91 Å². The minimum atomic E-state index is -0.0995. The maximum Gasteiger partial charge on any atom is 0.233 e. The van der Waals surface area contributed by atoms with E-state index in [1.807, 2.05) is 0 Å². The first kappa shape index (κ1) is 14.1. The summed E-state index contributed by atoms with van der Waals surface area (Å²) >= 11 is 1.80. The first-order valence-corrected chi connectivity index (χ1v) is 6.64. The molecule has 1 aromatic rings. The van der Waals surface area contributed by atoms with Crippen molar-refractivity contribution in [3.63, 3.8) is 0 Å². The van der Waals surface area contributed by atoms with Crippen molar-refractivity contribution in [3.05, 3.63) is 29.3 Å². The smallest absolute Gasteiger partial charge is 0.233 e. The van der Waals surface area contributed by atoms with E-state index in [0.717, 1.165) is 6.42 Å². The van der Waals surface area contributed by atoms with Gasteiger partial charge in [-0.15, -0.1) is 11.8 Å². The van der Waals surface area contributed by atoms with Gasteiger partial charge >= 0.3 is 0 Å². The number of nitrogens with one attached hydrogen (secondary N) is 1. The van der Waals surface area contributed by atoms with Gasteiger partial charge in [0.1, 0.15) is 0 Å². The molecule has 0 fully saturated rings. The molecule has 0 spiro atoms. The van der Waals surface area contributed by atoms with Crippen LogP contribution in [0.5, 0.6) is 0 Å². The molecule has 1 unspecified atom stereocenters. The van der Waals surface area contributed by atoms with E-state index >= 15 is 0 Å². The Morgan fingerprint density at radius 1 is 1.41 bits per heavy atom. The zero-order chi connectivity index (χ0) is 12.8. The van der Waals surface area contributed by atoms with Gasteiger partial charge in [-0.3, -0.25) is 10.2 Å². The topological polar surface area (TPSA) is 55.1 Å². The van der Waals surface area contributed by atoms with Gasteiger partial charge in [-0.05, 0) is 43.5 Å². The maximum atomic E-state index is 11.0. The molecule has 0 radical (unpaired) electrons. The Bertz CT molecular complexity index is 393. The van der Waals surface area contributed by atoms with Crippen LogP contribution in [-0.2, 0) is 4.79 Å². The Balaban J connectivity index is 2.47. The van der Waals surface area contributed by atoms with Crippen molar-refractivity contribution in [2.24, 2.45) is 5.84 Å². The molecule has 1 atom stereocenters. The Morgan fingerprint density at radius 3 is 2.71 bits per heavy atom. The van der Waals surface area contributed by atoms with Gasteiger partial charge in [-0.2, -0.15) is 0 Å². The van der Waals surface area contributed by atoms with Crippen LogP contribution in [0.1, 0.15) is 30.9 Å². The number of hydrogen-bond donors (Lipinski definition) is 2. The zero-order valence-corrected chi connectivity index (χ0v) is 11.4. The Hall–Kier alpha value is -1.00. The van der Waals surface area contributed by atoms with Crippen molar-refractivity contribution in [1.82, 2.24) is 5.43 Å². The third-order valence-corrected chi connectivity index (χ3v) is 3.92. The fourth-order valence-electron chi connectivity index (χ4n) is 1.48. The van der Waals surface area contributed by atoms with Crippen LogP contribution in [0.3, 0.4) is 0 Å². The molecular formula is C13H20N2OS. The lowest BCUT2D eigenvalue weighted by Crippen LogP contribution is -2.30. The summed E-state index contributed by atoms with van der Waals surface area (Å²) < 4.78 is 0. The summed E-state index contributed by atoms with van der Waals surface area (Å²) in [6, 6.07) is 6.46. The Morgan fingerprint density at radius 2 is 2.12 bits per heavy atom. The van der Waals surface area contributed by atoms with E-state index in [-0.39, 0.29) is 5.91 Å². The number of hydrogen-bond acceptors (Lipinski definition) is 3. The van der Waals surface area contributed by atoms with Crippen LogP contribution in [0.4, 0.5) is 0 Å². The van der Waals surface area contributed by atoms with Crippen molar-refractivity contribution < 1.29 is 4.79 Å². The fourth-order valence-corrected chi connectivity index (χ4v) is 2.58. The van der Waals surface area contributed by atoms with Gasteiger partial charge in [0, 0.05) is 16.6 Å². The number of carbonyl (C=O) groups is 1. The molecular weight excluding hydrogens is 232 g/mol. The molecule has 0 aliphatic carbocycles. The third-order valence-electron chi connectivity index (χ3n) is 2.75. The van der Waals surface area contributed by atoms with E-state index in [0.29, 0.717) is 11.7 Å². The molecule has 3 N–H and O–H groups in total. The molecule has 4 heteroatoms. The van der Waals surface area contributed by atoms with E-state index in [9.17, 15) is 4.79 Å². The summed E-state index contributed by atoms with van der Waals surface area (Å²) in [6.07, 6.45) is 1.32. The molecule has 1 rings (SSSR count). The second-order valence-corrected chi connectivity index (χ2v) is 5.79. The highest BCUT2D eigenvalue weighted by Crippen LogP contribution is 2.27. The van der Waals surface area contributed by atoms with Crippen molar-refractivity contribution in [2.75, 3.05) is 0 Å². The number of thioether (sulfide) groups is 1. The molecule has 94 valence electrons. The predicted octanol–water partition coefficient (Wildman–Crippen LogP) is 2.55.